The van der Waals surface area contributed by atoms with E-state index in [9.17, 15) is 9.59 Å². The summed E-state index contributed by atoms with van der Waals surface area (Å²) >= 11 is 0. The number of carbonyl (C=O) groups is 2. The maximum Gasteiger partial charge on any atom is 0.328 e. The van der Waals surface area contributed by atoms with Crippen molar-refractivity contribution >= 4 is 23.1 Å². The first-order valence-electron chi connectivity index (χ1n) is 5.38. The van der Waals surface area contributed by atoms with E-state index < -0.39 is 11.9 Å². The fraction of sp³-hybridized carbons (Fsp3) is 0.143. The molecule has 18 heavy (non-hydrogen) atoms. The van der Waals surface area contributed by atoms with E-state index in [4.69, 9.17) is 5.11 Å². The van der Waals surface area contributed by atoms with Crippen LogP contribution in [0.4, 0.5) is 5.69 Å². The number of nitrogens with one attached hydrogen (secondary N) is 1. The zero-order valence-electron chi connectivity index (χ0n) is 10.4. The third kappa shape index (κ3) is 3.90. The average Bonchev–Trinajstić information content (AvgIpc) is 2.26. The molecule has 0 aromatic heterocycles. The Hall–Kier alpha value is -2.36. The van der Waals surface area contributed by atoms with Gasteiger partial charge < -0.3 is 10.4 Å². The van der Waals surface area contributed by atoms with Gasteiger partial charge in [0.2, 0.25) is 5.91 Å². The van der Waals surface area contributed by atoms with Gasteiger partial charge in [0.05, 0.1) is 0 Å². The standard InChI is InChI=1S/C14H15NO3/c1-9(2)12-5-4-11(8-10(12)3)15-13(16)6-7-14(17)18/h4-8H,1H2,2-3H3,(H,15,16)(H,17,18)/b7-6-. The number of allylic oxidation sites excluding steroid dienone is 1. The first-order valence-corrected chi connectivity index (χ1v) is 5.38. The number of anilines is 1. The van der Waals surface area contributed by atoms with Crippen molar-refractivity contribution in [2.24, 2.45) is 0 Å². The monoisotopic (exact) mass is 245 g/mol. The zero-order valence-corrected chi connectivity index (χ0v) is 10.4. The molecule has 0 aliphatic heterocycles. The number of hydrogen-bond donors (Lipinski definition) is 2. The molecule has 0 atom stereocenters. The number of hydrogen-bond acceptors (Lipinski definition) is 2. The van der Waals surface area contributed by atoms with E-state index in [-0.39, 0.29) is 0 Å². The van der Waals surface area contributed by atoms with Gasteiger partial charge in [-0.25, -0.2) is 4.79 Å². The molecule has 0 heterocycles. The van der Waals surface area contributed by atoms with E-state index >= 15 is 0 Å². The second-order valence-corrected chi connectivity index (χ2v) is 3.97. The third-order valence-corrected chi connectivity index (χ3v) is 2.33. The van der Waals surface area contributed by atoms with Crippen LogP contribution < -0.4 is 5.32 Å². The molecule has 0 aliphatic rings. The van der Waals surface area contributed by atoms with Crippen LogP contribution in [0.1, 0.15) is 18.1 Å². The number of amides is 1. The van der Waals surface area contributed by atoms with E-state index in [1.54, 1.807) is 6.07 Å². The van der Waals surface area contributed by atoms with Crippen LogP contribution in [0.25, 0.3) is 5.57 Å². The molecule has 0 spiro atoms. The molecule has 0 saturated carbocycles. The number of rotatable bonds is 4. The van der Waals surface area contributed by atoms with Crippen molar-refractivity contribution in [2.45, 2.75) is 13.8 Å². The molecule has 0 radical (unpaired) electrons. The Balaban J connectivity index is 2.81. The van der Waals surface area contributed by atoms with Crippen LogP contribution >= 0.6 is 0 Å². The summed E-state index contributed by atoms with van der Waals surface area (Å²) in [5.41, 5.74) is 3.62. The normalized spacial score (nSPS) is 10.3. The van der Waals surface area contributed by atoms with E-state index in [2.05, 4.69) is 11.9 Å². The van der Waals surface area contributed by atoms with Crippen molar-refractivity contribution < 1.29 is 14.7 Å². The van der Waals surface area contributed by atoms with Gasteiger partial charge in [-0.1, -0.05) is 18.2 Å². The van der Waals surface area contributed by atoms with Crippen molar-refractivity contribution in [2.75, 3.05) is 5.32 Å². The minimum atomic E-state index is -1.15. The Morgan fingerprint density at radius 3 is 2.50 bits per heavy atom. The van der Waals surface area contributed by atoms with Crippen LogP contribution in [-0.2, 0) is 9.59 Å². The fourth-order valence-electron chi connectivity index (χ4n) is 1.55. The van der Waals surface area contributed by atoms with E-state index in [1.165, 1.54) is 0 Å². The first kappa shape index (κ1) is 13.7. The number of carboxylic acid groups (broad SMARTS) is 1. The Labute approximate surface area is 106 Å². The summed E-state index contributed by atoms with van der Waals surface area (Å²) in [7, 11) is 0. The van der Waals surface area contributed by atoms with Gasteiger partial charge in [-0.2, -0.15) is 0 Å². The lowest BCUT2D eigenvalue weighted by molar-refractivity contribution is -0.131. The smallest absolute Gasteiger partial charge is 0.328 e. The number of aryl methyl sites for hydroxylation is 1. The molecule has 4 heteroatoms. The lowest BCUT2D eigenvalue weighted by Gasteiger charge is -2.08. The second kappa shape index (κ2) is 5.82. The Bertz CT molecular complexity index is 530. The predicted octanol–water partition coefficient (Wildman–Crippen LogP) is 2.61. The van der Waals surface area contributed by atoms with Crippen molar-refractivity contribution in [3.05, 3.63) is 48.1 Å². The molecule has 0 bridgehead atoms. The van der Waals surface area contributed by atoms with Gasteiger partial charge in [0, 0.05) is 17.8 Å². The van der Waals surface area contributed by atoms with Gasteiger partial charge in [-0.05, 0) is 37.1 Å². The highest BCUT2D eigenvalue weighted by Crippen LogP contribution is 2.20. The molecule has 0 saturated heterocycles. The molecular formula is C14H15NO3. The molecule has 1 rings (SSSR count). The van der Waals surface area contributed by atoms with E-state index in [0.717, 1.165) is 28.9 Å². The molecule has 0 unspecified atom stereocenters. The van der Waals surface area contributed by atoms with Crippen molar-refractivity contribution in [1.82, 2.24) is 0 Å². The second-order valence-electron chi connectivity index (χ2n) is 3.97. The molecule has 4 nitrogen and oxygen atoms in total. The van der Waals surface area contributed by atoms with Crippen LogP contribution in [0.5, 0.6) is 0 Å². The lowest BCUT2D eigenvalue weighted by Crippen LogP contribution is -2.09. The summed E-state index contributed by atoms with van der Waals surface area (Å²) in [6, 6.07) is 5.44. The van der Waals surface area contributed by atoms with Gasteiger partial charge in [0.25, 0.3) is 0 Å². The highest BCUT2D eigenvalue weighted by atomic mass is 16.4. The Morgan fingerprint density at radius 2 is 2.00 bits per heavy atom. The summed E-state index contributed by atoms with van der Waals surface area (Å²) in [6.07, 6.45) is 1.77. The Morgan fingerprint density at radius 1 is 1.33 bits per heavy atom. The number of benzene rings is 1. The third-order valence-electron chi connectivity index (χ3n) is 2.33. The van der Waals surface area contributed by atoms with Gasteiger partial charge in [0.1, 0.15) is 0 Å². The van der Waals surface area contributed by atoms with Crippen LogP contribution in [0.15, 0.2) is 36.9 Å². The highest BCUT2D eigenvalue weighted by Gasteiger charge is 2.03. The zero-order chi connectivity index (χ0) is 13.7. The SMILES string of the molecule is C=C(C)c1ccc(NC(=O)/C=C\C(=O)O)cc1C. The van der Waals surface area contributed by atoms with E-state index in [0.29, 0.717) is 5.69 Å². The maximum absolute atomic E-state index is 11.4. The highest BCUT2D eigenvalue weighted by molar-refractivity contribution is 6.02. The molecule has 0 aliphatic carbocycles. The molecule has 2 N–H and O–H groups in total. The lowest BCUT2D eigenvalue weighted by atomic mass is 10.0. The van der Waals surface area contributed by atoms with E-state index in [1.807, 2.05) is 26.0 Å². The van der Waals surface area contributed by atoms with Gasteiger partial charge in [-0.3, -0.25) is 4.79 Å². The molecule has 1 aromatic carbocycles. The first-order chi connectivity index (χ1) is 8.40. The molecule has 1 aromatic rings. The molecular weight excluding hydrogens is 230 g/mol. The Kier molecular flexibility index (Phi) is 4.43. The number of carbonyl (C=O) groups excluding carboxylic acids is 1. The summed E-state index contributed by atoms with van der Waals surface area (Å²) in [5, 5.41) is 11.0. The van der Waals surface area contributed by atoms with Crippen LogP contribution in [0, 0.1) is 6.92 Å². The van der Waals surface area contributed by atoms with Crippen LogP contribution in [-0.4, -0.2) is 17.0 Å². The molecule has 94 valence electrons. The minimum absolute atomic E-state index is 0.472. The fourth-order valence-corrected chi connectivity index (χ4v) is 1.55. The summed E-state index contributed by atoms with van der Waals surface area (Å²) < 4.78 is 0. The average molecular weight is 245 g/mol. The van der Waals surface area contributed by atoms with Crippen molar-refractivity contribution in [1.29, 1.82) is 0 Å². The molecule has 0 fully saturated rings. The van der Waals surface area contributed by atoms with Crippen LogP contribution in [0.2, 0.25) is 0 Å². The van der Waals surface area contributed by atoms with Crippen molar-refractivity contribution in [3.63, 3.8) is 0 Å². The van der Waals surface area contributed by atoms with Gasteiger partial charge in [-0.15, -0.1) is 0 Å². The van der Waals surface area contributed by atoms with Crippen LogP contribution in [0.3, 0.4) is 0 Å². The minimum Gasteiger partial charge on any atom is -0.478 e. The largest absolute Gasteiger partial charge is 0.478 e. The quantitative estimate of drug-likeness (QED) is 0.801. The van der Waals surface area contributed by atoms with Crippen molar-refractivity contribution in [3.8, 4) is 0 Å². The number of carboxylic acids is 1. The summed E-state index contributed by atoms with van der Waals surface area (Å²) in [6.45, 7) is 7.70. The van der Waals surface area contributed by atoms with Gasteiger partial charge in [0.15, 0.2) is 0 Å². The molecule has 1 amide bonds. The summed E-state index contributed by atoms with van der Waals surface area (Å²) in [4.78, 5) is 21.6. The maximum atomic E-state index is 11.4. The number of aliphatic carboxylic acids is 1. The topological polar surface area (TPSA) is 66.4 Å². The predicted molar refractivity (Wildman–Crippen MR) is 71.3 cm³/mol. The summed E-state index contributed by atoms with van der Waals surface area (Å²) in [5.74, 6) is -1.63. The van der Waals surface area contributed by atoms with Gasteiger partial charge >= 0.3 is 5.97 Å².